The molecule has 7 nitrogen and oxygen atoms in total. The van der Waals surface area contributed by atoms with Crippen molar-refractivity contribution in [3.63, 3.8) is 0 Å². The van der Waals surface area contributed by atoms with E-state index in [1.54, 1.807) is 31.2 Å². The summed E-state index contributed by atoms with van der Waals surface area (Å²) in [6, 6.07) is 7.12. The monoisotopic (exact) mass is 462 g/mol. The lowest BCUT2D eigenvalue weighted by molar-refractivity contribution is -0.122. The highest BCUT2D eigenvalue weighted by Crippen LogP contribution is 2.37. The standard InChI is InChI=1S/C22H20Cl2N2O5/c1-4-30-18-10-13(9-16(24)19(18)31-5-2)8-15-20(27)25-22(29)26(21(15)28)17-11-14(23)7-6-12(17)3/h6-11H,4-5H2,1-3H3,(H,25,27,29)/b15-8+. The molecule has 0 bridgehead atoms. The number of ether oxygens (including phenoxy) is 2. The first-order valence-corrected chi connectivity index (χ1v) is 10.3. The molecule has 9 heteroatoms. The van der Waals surface area contributed by atoms with Crippen LogP contribution in [0.2, 0.25) is 10.0 Å². The third-order valence-electron chi connectivity index (χ3n) is 4.45. The van der Waals surface area contributed by atoms with Crippen LogP contribution in [0.25, 0.3) is 6.08 Å². The van der Waals surface area contributed by atoms with Crippen LogP contribution in [0, 0.1) is 6.92 Å². The molecule has 1 N–H and O–H groups in total. The van der Waals surface area contributed by atoms with Crippen LogP contribution in [0.1, 0.15) is 25.0 Å². The number of hydrogen-bond acceptors (Lipinski definition) is 5. The number of imide groups is 2. The number of anilines is 1. The third kappa shape index (κ3) is 4.68. The van der Waals surface area contributed by atoms with Crippen LogP contribution >= 0.6 is 23.2 Å². The average molecular weight is 463 g/mol. The first-order chi connectivity index (χ1) is 14.8. The van der Waals surface area contributed by atoms with Gasteiger partial charge in [-0.3, -0.25) is 14.9 Å². The van der Waals surface area contributed by atoms with Gasteiger partial charge in [0, 0.05) is 5.02 Å². The van der Waals surface area contributed by atoms with Gasteiger partial charge in [-0.2, -0.15) is 0 Å². The summed E-state index contributed by atoms with van der Waals surface area (Å²) in [6.07, 6.45) is 1.35. The molecular weight excluding hydrogens is 443 g/mol. The van der Waals surface area contributed by atoms with E-state index in [4.69, 9.17) is 32.7 Å². The number of rotatable bonds is 6. The smallest absolute Gasteiger partial charge is 0.335 e. The van der Waals surface area contributed by atoms with Crippen LogP contribution in [0.4, 0.5) is 10.5 Å². The lowest BCUT2D eigenvalue weighted by Gasteiger charge is -2.27. The van der Waals surface area contributed by atoms with E-state index in [1.807, 2.05) is 13.8 Å². The minimum Gasteiger partial charge on any atom is -0.490 e. The molecule has 0 unspecified atom stereocenters. The Labute approximate surface area is 189 Å². The van der Waals surface area contributed by atoms with Crippen molar-refractivity contribution in [2.45, 2.75) is 20.8 Å². The van der Waals surface area contributed by atoms with Gasteiger partial charge in [-0.05, 0) is 62.2 Å². The van der Waals surface area contributed by atoms with Crippen LogP contribution in [0.15, 0.2) is 35.9 Å². The molecule has 0 saturated carbocycles. The van der Waals surface area contributed by atoms with Gasteiger partial charge in [0.25, 0.3) is 11.8 Å². The van der Waals surface area contributed by atoms with Gasteiger partial charge in [0.1, 0.15) is 5.57 Å². The summed E-state index contributed by atoms with van der Waals surface area (Å²) < 4.78 is 11.1. The van der Waals surface area contributed by atoms with Gasteiger partial charge in [-0.15, -0.1) is 0 Å². The average Bonchev–Trinajstić information content (AvgIpc) is 2.70. The molecule has 1 aliphatic heterocycles. The Morgan fingerprint density at radius 3 is 2.42 bits per heavy atom. The van der Waals surface area contributed by atoms with Gasteiger partial charge in [-0.25, -0.2) is 9.69 Å². The fraction of sp³-hybridized carbons (Fsp3) is 0.227. The molecule has 162 valence electrons. The Morgan fingerprint density at radius 1 is 1.03 bits per heavy atom. The summed E-state index contributed by atoms with van der Waals surface area (Å²) in [7, 11) is 0. The summed E-state index contributed by atoms with van der Waals surface area (Å²) in [4.78, 5) is 38.9. The van der Waals surface area contributed by atoms with E-state index < -0.39 is 17.8 Å². The van der Waals surface area contributed by atoms with Crippen LogP contribution in [-0.2, 0) is 9.59 Å². The number of carbonyl (C=O) groups excluding carboxylic acids is 3. The summed E-state index contributed by atoms with van der Waals surface area (Å²) >= 11 is 12.4. The van der Waals surface area contributed by atoms with Crippen molar-refractivity contribution in [2.24, 2.45) is 0 Å². The molecule has 1 saturated heterocycles. The second-order valence-corrected chi connectivity index (χ2v) is 7.43. The highest BCUT2D eigenvalue weighted by molar-refractivity contribution is 6.40. The molecule has 2 aromatic rings. The highest BCUT2D eigenvalue weighted by Gasteiger charge is 2.37. The van der Waals surface area contributed by atoms with E-state index in [0.717, 1.165) is 4.90 Å². The number of benzene rings is 2. The molecule has 0 radical (unpaired) electrons. The van der Waals surface area contributed by atoms with Gasteiger partial charge in [-0.1, -0.05) is 29.3 Å². The van der Waals surface area contributed by atoms with E-state index in [2.05, 4.69) is 5.32 Å². The van der Waals surface area contributed by atoms with Gasteiger partial charge in [0.05, 0.1) is 23.9 Å². The molecular formula is C22H20Cl2N2O5. The molecule has 0 aliphatic carbocycles. The first-order valence-electron chi connectivity index (χ1n) is 9.53. The van der Waals surface area contributed by atoms with Gasteiger partial charge in [0.2, 0.25) is 0 Å². The highest BCUT2D eigenvalue weighted by atomic mass is 35.5. The molecule has 2 aromatic carbocycles. The van der Waals surface area contributed by atoms with Gasteiger partial charge < -0.3 is 9.47 Å². The molecule has 31 heavy (non-hydrogen) atoms. The van der Waals surface area contributed by atoms with Gasteiger partial charge >= 0.3 is 6.03 Å². The summed E-state index contributed by atoms with van der Waals surface area (Å²) in [5.74, 6) is -0.832. The largest absolute Gasteiger partial charge is 0.490 e. The Hall–Kier alpha value is -3.03. The Kier molecular flexibility index (Phi) is 6.87. The van der Waals surface area contributed by atoms with Crippen LogP contribution in [0.5, 0.6) is 11.5 Å². The maximum Gasteiger partial charge on any atom is 0.335 e. The van der Waals surface area contributed by atoms with E-state index in [-0.39, 0.29) is 16.3 Å². The number of barbiturate groups is 1. The predicted molar refractivity (Wildman–Crippen MR) is 119 cm³/mol. The van der Waals surface area contributed by atoms with E-state index in [0.29, 0.717) is 40.9 Å². The molecule has 0 atom stereocenters. The second kappa shape index (κ2) is 9.41. The van der Waals surface area contributed by atoms with Gasteiger partial charge in [0.15, 0.2) is 11.5 Å². The summed E-state index contributed by atoms with van der Waals surface area (Å²) in [5.41, 5.74) is 1.13. The minimum atomic E-state index is -0.850. The van der Waals surface area contributed by atoms with Crippen LogP contribution in [-0.4, -0.2) is 31.1 Å². The van der Waals surface area contributed by atoms with E-state index >= 15 is 0 Å². The predicted octanol–water partition coefficient (Wildman–Crippen LogP) is 4.77. The zero-order valence-corrected chi connectivity index (χ0v) is 18.6. The van der Waals surface area contributed by atoms with Crippen molar-refractivity contribution < 1.29 is 23.9 Å². The van der Waals surface area contributed by atoms with E-state index in [1.165, 1.54) is 12.1 Å². The van der Waals surface area contributed by atoms with Crippen molar-refractivity contribution in [3.05, 3.63) is 57.1 Å². The molecule has 1 fully saturated rings. The van der Waals surface area contributed by atoms with Crippen molar-refractivity contribution >= 4 is 52.8 Å². The van der Waals surface area contributed by atoms with Crippen molar-refractivity contribution in [2.75, 3.05) is 18.1 Å². The van der Waals surface area contributed by atoms with Crippen molar-refractivity contribution in [3.8, 4) is 11.5 Å². The number of carbonyl (C=O) groups is 3. The Bertz CT molecular complexity index is 1100. The molecule has 1 aliphatic rings. The lowest BCUT2D eigenvalue weighted by atomic mass is 10.1. The molecule has 1 heterocycles. The normalized spacial score (nSPS) is 15.3. The quantitative estimate of drug-likeness (QED) is 0.493. The fourth-order valence-corrected chi connectivity index (χ4v) is 3.52. The van der Waals surface area contributed by atoms with Crippen molar-refractivity contribution in [1.29, 1.82) is 0 Å². The Morgan fingerprint density at radius 2 is 1.74 bits per heavy atom. The number of nitrogens with zero attached hydrogens (tertiary/aromatic N) is 1. The summed E-state index contributed by atoms with van der Waals surface area (Å²) in [5, 5.41) is 2.80. The van der Waals surface area contributed by atoms with E-state index in [9.17, 15) is 14.4 Å². The SMILES string of the molecule is CCOc1cc(/C=C2\C(=O)NC(=O)N(c3cc(Cl)ccc3C)C2=O)cc(Cl)c1OCC. The number of nitrogens with one attached hydrogen (secondary N) is 1. The number of aryl methyl sites for hydroxylation is 1. The molecule has 4 amide bonds. The maximum absolute atomic E-state index is 13.1. The number of amides is 4. The minimum absolute atomic E-state index is 0.235. The second-order valence-electron chi connectivity index (χ2n) is 6.58. The molecule has 0 spiro atoms. The zero-order valence-electron chi connectivity index (χ0n) is 17.1. The number of urea groups is 1. The lowest BCUT2D eigenvalue weighted by Crippen LogP contribution is -2.54. The summed E-state index contributed by atoms with van der Waals surface area (Å²) in [6.45, 7) is 6.11. The zero-order chi connectivity index (χ0) is 22.7. The first kappa shape index (κ1) is 22.7. The third-order valence-corrected chi connectivity index (χ3v) is 4.96. The molecule has 3 rings (SSSR count). The fourth-order valence-electron chi connectivity index (χ4n) is 3.08. The van der Waals surface area contributed by atoms with Crippen molar-refractivity contribution in [1.82, 2.24) is 5.32 Å². The topological polar surface area (TPSA) is 84.9 Å². The maximum atomic E-state index is 13.1. The van der Waals surface area contributed by atoms with Crippen LogP contribution in [0.3, 0.4) is 0 Å². The Balaban J connectivity index is 2.07. The number of halogens is 2. The molecule has 0 aromatic heterocycles. The number of hydrogen-bond donors (Lipinski definition) is 1. The van der Waals surface area contributed by atoms with Crippen LogP contribution < -0.4 is 19.7 Å².